The van der Waals surface area contributed by atoms with Crippen molar-refractivity contribution in [3.63, 3.8) is 0 Å². The molecule has 4 nitrogen and oxygen atoms in total. The molecule has 1 aromatic heterocycles. The monoisotopic (exact) mass is 267 g/mol. The van der Waals surface area contributed by atoms with Gasteiger partial charge in [-0.15, -0.1) is 11.3 Å². The van der Waals surface area contributed by atoms with Crippen LogP contribution in [0.25, 0.3) is 0 Å². The van der Waals surface area contributed by atoms with Crippen LogP contribution in [0.15, 0.2) is 5.38 Å². The lowest BCUT2D eigenvalue weighted by Crippen LogP contribution is -2.39. The fourth-order valence-corrected chi connectivity index (χ4v) is 3.69. The first kappa shape index (κ1) is 12.5. The van der Waals surface area contributed by atoms with Gasteiger partial charge in [-0.25, -0.2) is 4.98 Å². The van der Waals surface area contributed by atoms with Crippen LogP contribution < -0.4 is 5.32 Å². The lowest BCUT2D eigenvalue weighted by Gasteiger charge is -2.22. The summed E-state index contributed by atoms with van der Waals surface area (Å²) in [5.74, 6) is 0.652. The van der Waals surface area contributed by atoms with Gasteiger partial charge in [0.15, 0.2) is 0 Å². The molecule has 3 heterocycles. The third-order valence-electron chi connectivity index (χ3n) is 3.75. The van der Waals surface area contributed by atoms with Crippen molar-refractivity contribution in [1.29, 1.82) is 0 Å². The summed E-state index contributed by atoms with van der Waals surface area (Å²) in [5.41, 5.74) is 1.21. The maximum Gasteiger partial charge on any atom is 0.0972 e. The minimum absolute atomic E-state index is 0.306. The van der Waals surface area contributed by atoms with E-state index in [1.54, 1.807) is 0 Å². The molecule has 100 valence electrons. The van der Waals surface area contributed by atoms with Gasteiger partial charge >= 0.3 is 0 Å². The van der Waals surface area contributed by atoms with Crippen molar-refractivity contribution >= 4 is 11.3 Å². The third kappa shape index (κ3) is 2.91. The summed E-state index contributed by atoms with van der Waals surface area (Å²) < 4.78 is 5.73. The van der Waals surface area contributed by atoms with Crippen LogP contribution in [0.2, 0.25) is 0 Å². The van der Waals surface area contributed by atoms with Gasteiger partial charge in [-0.1, -0.05) is 0 Å². The van der Waals surface area contributed by atoms with Gasteiger partial charge in [-0.05, 0) is 20.0 Å². The van der Waals surface area contributed by atoms with Gasteiger partial charge in [0.1, 0.15) is 0 Å². The van der Waals surface area contributed by atoms with E-state index >= 15 is 0 Å². The zero-order chi connectivity index (χ0) is 12.4. The predicted octanol–water partition coefficient (Wildman–Crippen LogP) is 1.09. The van der Waals surface area contributed by atoms with E-state index in [4.69, 9.17) is 9.72 Å². The number of nitrogens with one attached hydrogen (secondary N) is 1. The van der Waals surface area contributed by atoms with Gasteiger partial charge in [-0.3, -0.25) is 0 Å². The molecule has 0 saturated carbocycles. The van der Waals surface area contributed by atoms with Gasteiger partial charge in [0.25, 0.3) is 0 Å². The van der Waals surface area contributed by atoms with Crippen molar-refractivity contribution in [1.82, 2.24) is 15.2 Å². The Bertz CT molecular complexity index is 389. The predicted molar refractivity (Wildman–Crippen MR) is 73.3 cm³/mol. The van der Waals surface area contributed by atoms with E-state index in [9.17, 15) is 0 Å². The van der Waals surface area contributed by atoms with Crippen LogP contribution in [0.4, 0.5) is 0 Å². The average Bonchev–Trinajstić information content (AvgIpc) is 2.99. The number of thiazole rings is 1. The zero-order valence-corrected chi connectivity index (χ0v) is 11.7. The lowest BCUT2D eigenvalue weighted by atomic mass is 10.1. The largest absolute Gasteiger partial charge is 0.375 e. The van der Waals surface area contributed by atoms with Crippen LogP contribution in [-0.2, 0) is 11.2 Å². The molecule has 2 aliphatic rings. The average molecular weight is 267 g/mol. The van der Waals surface area contributed by atoms with Crippen LogP contribution in [0.5, 0.6) is 0 Å². The Labute approximate surface area is 112 Å². The highest BCUT2D eigenvalue weighted by atomic mass is 32.1. The quantitative estimate of drug-likeness (QED) is 0.890. The highest BCUT2D eigenvalue weighted by Crippen LogP contribution is 2.29. The standard InChI is InChI=1S/C13H21N3OS/c1-16-4-2-10(8-16)13-15-11(9-18-13)6-12-7-14-3-5-17-12/h9-10,12,14H,2-8H2,1H3. The number of rotatable bonds is 3. The van der Waals surface area contributed by atoms with Gasteiger partial charge in [-0.2, -0.15) is 0 Å². The minimum atomic E-state index is 0.306. The highest BCUT2D eigenvalue weighted by Gasteiger charge is 2.24. The summed E-state index contributed by atoms with van der Waals surface area (Å²) in [4.78, 5) is 7.19. The molecule has 0 spiro atoms. The topological polar surface area (TPSA) is 37.4 Å². The van der Waals surface area contributed by atoms with Crippen molar-refractivity contribution in [2.75, 3.05) is 39.8 Å². The molecule has 0 aliphatic carbocycles. The summed E-state index contributed by atoms with van der Waals surface area (Å²) in [6.07, 6.45) is 2.51. The van der Waals surface area contributed by atoms with Crippen LogP contribution in [-0.4, -0.2) is 55.8 Å². The Kier molecular flexibility index (Phi) is 3.94. The molecule has 2 fully saturated rings. The third-order valence-corrected chi connectivity index (χ3v) is 4.81. The molecule has 18 heavy (non-hydrogen) atoms. The Balaban J connectivity index is 1.59. The maximum atomic E-state index is 5.73. The summed E-state index contributed by atoms with van der Waals surface area (Å²) in [6.45, 7) is 5.13. The normalized spacial score (nSPS) is 29.8. The highest BCUT2D eigenvalue weighted by molar-refractivity contribution is 7.09. The minimum Gasteiger partial charge on any atom is -0.375 e. The van der Waals surface area contributed by atoms with Gasteiger partial charge in [0.05, 0.1) is 23.4 Å². The Morgan fingerprint density at radius 3 is 3.28 bits per heavy atom. The van der Waals surface area contributed by atoms with Crippen molar-refractivity contribution in [2.45, 2.75) is 24.9 Å². The summed E-state index contributed by atoms with van der Waals surface area (Å²) >= 11 is 1.82. The molecule has 0 bridgehead atoms. The fourth-order valence-electron chi connectivity index (χ4n) is 2.72. The smallest absolute Gasteiger partial charge is 0.0972 e. The summed E-state index contributed by atoms with van der Waals surface area (Å²) in [5, 5.41) is 6.90. The van der Waals surface area contributed by atoms with Crippen LogP contribution in [0.1, 0.15) is 23.0 Å². The van der Waals surface area contributed by atoms with E-state index in [0.717, 1.165) is 32.7 Å². The van der Waals surface area contributed by atoms with Crippen molar-refractivity contribution < 1.29 is 4.74 Å². The van der Waals surface area contributed by atoms with E-state index in [1.807, 2.05) is 11.3 Å². The van der Waals surface area contributed by atoms with E-state index < -0.39 is 0 Å². The van der Waals surface area contributed by atoms with Gasteiger partial charge < -0.3 is 15.0 Å². The Morgan fingerprint density at radius 2 is 2.56 bits per heavy atom. The van der Waals surface area contributed by atoms with Crippen LogP contribution >= 0.6 is 11.3 Å². The maximum absolute atomic E-state index is 5.73. The number of nitrogens with zero attached hydrogens (tertiary/aromatic N) is 2. The lowest BCUT2D eigenvalue weighted by molar-refractivity contribution is 0.0287. The molecule has 2 unspecified atom stereocenters. The number of hydrogen-bond acceptors (Lipinski definition) is 5. The SMILES string of the molecule is CN1CCC(c2nc(CC3CNCCO3)cs2)C1. The molecule has 0 radical (unpaired) electrons. The first-order valence-electron chi connectivity index (χ1n) is 6.76. The second-order valence-electron chi connectivity index (χ2n) is 5.33. The van der Waals surface area contributed by atoms with Crippen molar-refractivity contribution in [3.05, 3.63) is 16.1 Å². The van der Waals surface area contributed by atoms with Crippen molar-refractivity contribution in [3.8, 4) is 0 Å². The first-order chi connectivity index (χ1) is 8.81. The van der Waals surface area contributed by atoms with Crippen LogP contribution in [0.3, 0.4) is 0 Å². The Hall–Kier alpha value is -0.490. The number of likely N-dealkylation sites (N-methyl/N-ethyl adjacent to an activating group) is 1. The fraction of sp³-hybridized carbons (Fsp3) is 0.769. The molecule has 1 N–H and O–H groups in total. The van der Waals surface area contributed by atoms with Crippen LogP contribution in [0, 0.1) is 0 Å². The molecule has 2 atom stereocenters. The second kappa shape index (κ2) is 5.65. The van der Waals surface area contributed by atoms with E-state index in [1.165, 1.54) is 23.7 Å². The van der Waals surface area contributed by atoms with Gasteiger partial charge in [0.2, 0.25) is 0 Å². The summed E-state index contributed by atoms with van der Waals surface area (Å²) in [7, 11) is 2.19. The Morgan fingerprint density at radius 1 is 1.61 bits per heavy atom. The molecule has 2 aliphatic heterocycles. The second-order valence-corrected chi connectivity index (χ2v) is 6.22. The summed E-state index contributed by atoms with van der Waals surface area (Å²) in [6, 6.07) is 0. The number of aromatic nitrogens is 1. The van der Waals surface area contributed by atoms with E-state index in [2.05, 4.69) is 22.6 Å². The molecule has 5 heteroatoms. The molecular formula is C13H21N3OS. The van der Waals surface area contributed by atoms with E-state index in [-0.39, 0.29) is 0 Å². The van der Waals surface area contributed by atoms with E-state index in [0.29, 0.717) is 12.0 Å². The number of morpholine rings is 1. The van der Waals surface area contributed by atoms with Crippen molar-refractivity contribution in [2.24, 2.45) is 0 Å². The first-order valence-corrected chi connectivity index (χ1v) is 7.64. The molecule has 0 amide bonds. The molecule has 1 aromatic rings. The zero-order valence-electron chi connectivity index (χ0n) is 10.9. The molecule has 3 rings (SSSR count). The van der Waals surface area contributed by atoms with Gasteiger partial charge in [0, 0.05) is 37.4 Å². The molecule has 2 saturated heterocycles. The molecule has 0 aromatic carbocycles. The number of hydrogen-bond donors (Lipinski definition) is 1. The number of likely N-dealkylation sites (tertiary alicyclic amines) is 1. The molecular weight excluding hydrogens is 246 g/mol. The number of ether oxygens (including phenoxy) is 1.